The maximum absolute atomic E-state index is 12.8. The predicted octanol–water partition coefficient (Wildman–Crippen LogP) is 2.47. The Labute approximate surface area is 166 Å². The molecule has 3 heterocycles. The maximum atomic E-state index is 12.8. The molecule has 0 atom stereocenters. The SMILES string of the molecule is Cc1cnc(C(=O)NNC(=O)c2cc(-c3ccccn3)nc3ccccc23)cn1. The molecule has 0 aliphatic carbocycles. The molecule has 8 nitrogen and oxygen atoms in total. The number of nitrogens with zero attached hydrogens (tertiary/aromatic N) is 4. The van der Waals surface area contributed by atoms with Crippen molar-refractivity contribution >= 4 is 22.7 Å². The van der Waals surface area contributed by atoms with Gasteiger partial charge in [-0.3, -0.25) is 30.4 Å². The van der Waals surface area contributed by atoms with Crippen LogP contribution in [0, 0.1) is 6.92 Å². The molecule has 0 saturated carbocycles. The van der Waals surface area contributed by atoms with Crippen LogP contribution in [0.25, 0.3) is 22.3 Å². The third-order valence-corrected chi connectivity index (χ3v) is 4.19. The van der Waals surface area contributed by atoms with E-state index in [1.54, 1.807) is 25.3 Å². The Bertz CT molecular complexity index is 1190. The highest BCUT2D eigenvalue weighted by atomic mass is 16.2. The lowest BCUT2D eigenvalue weighted by atomic mass is 10.1. The average molecular weight is 384 g/mol. The van der Waals surface area contributed by atoms with Gasteiger partial charge in [0.25, 0.3) is 11.8 Å². The van der Waals surface area contributed by atoms with Crippen molar-refractivity contribution < 1.29 is 9.59 Å². The van der Waals surface area contributed by atoms with Crippen molar-refractivity contribution in [3.05, 3.63) is 84.1 Å². The molecule has 0 radical (unpaired) electrons. The molecule has 0 bridgehead atoms. The Balaban J connectivity index is 1.62. The number of nitrogens with one attached hydrogen (secondary N) is 2. The number of hydrogen-bond donors (Lipinski definition) is 2. The van der Waals surface area contributed by atoms with E-state index < -0.39 is 11.8 Å². The summed E-state index contributed by atoms with van der Waals surface area (Å²) in [6, 6.07) is 14.4. The number of hydrazine groups is 1. The fourth-order valence-electron chi connectivity index (χ4n) is 2.76. The van der Waals surface area contributed by atoms with Crippen LogP contribution in [0.15, 0.2) is 67.1 Å². The second kappa shape index (κ2) is 7.81. The first-order valence-corrected chi connectivity index (χ1v) is 8.82. The molecule has 1 aromatic carbocycles. The lowest BCUT2D eigenvalue weighted by molar-refractivity contribution is 0.0844. The summed E-state index contributed by atoms with van der Waals surface area (Å²) in [4.78, 5) is 41.9. The fourth-order valence-corrected chi connectivity index (χ4v) is 2.76. The van der Waals surface area contributed by atoms with Gasteiger partial charge in [0.15, 0.2) is 0 Å². The third-order valence-electron chi connectivity index (χ3n) is 4.19. The molecule has 0 spiro atoms. The predicted molar refractivity (Wildman–Crippen MR) is 107 cm³/mol. The van der Waals surface area contributed by atoms with Gasteiger partial charge in [0, 0.05) is 17.8 Å². The molecular formula is C21H16N6O2. The number of aromatic nitrogens is 4. The van der Waals surface area contributed by atoms with Crippen LogP contribution in [0.2, 0.25) is 0 Å². The summed E-state index contributed by atoms with van der Waals surface area (Å²) in [5.74, 6) is -1.04. The first kappa shape index (κ1) is 18.2. The zero-order valence-corrected chi connectivity index (χ0v) is 15.5. The van der Waals surface area contributed by atoms with Crippen molar-refractivity contribution in [1.29, 1.82) is 0 Å². The molecule has 3 aromatic heterocycles. The molecule has 2 amide bonds. The topological polar surface area (TPSA) is 110 Å². The van der Waals surface area contributed by atoms with E-state index in [1.807, 2.05) is 36.4 Å². The zero-order valence-electron chi connectivity index (χ0n) is 15.5. The molecule has 0 aliphatic heterocycles. The van der Waals surface area contributed by atoms with Crippen LogP contribution in [0.5, 0.6) is 0 Å². The van der Waals surface area contributed by atoms with Gasteiger partial charge in [0.1, 0.15) is 5.69 Å². The molecule has 29 heavy (non-hydrogen) atoms. The van der Waals surface area contributed by atoms with Gasteiger partial charge in [-0.2, -0.15) is 0 Å². The Morgan fingerprint density at radius 3 is 2.38 bits per heavy atom. The summed E-state index contributed by atoms with van der Waals surface area (Å²) in [7, 11) is 0. The number of para-hydroxylation sites is 1. The summed E-state index contributed by atoms with van der Waals surface area (Å²) >= 11 is 0. The van der Waals surface area contributed by atoms with Crippen LogP contribution in [0.4, 0.5) is 0 Å². The number of pyridine rings is 2. The Morgan fingerprint density at radius 1 is 0.828 bits per heavy atom. The lowest BCUT2D eigenvalue weighted by Crippen LogP contribution is -2.42. The number of carbonyl (C=O) groups is 2. The first-order valence-electron chi connectivity index (χ1n) is 8.82. The number of rotatable bonds is 3. The summed E-state index contributed by atoms with van der Waals surface area (Å²) in [5.41, 5.74) is 7.81. The van der Waals surface area contributed by atoms with Crippen molar-refractivity contribution in [2.75, 3.05) is 0 Å². The lowest BCUT2D eigenvalue weighted by Gasteiger charge is -2.11. The highest BCUT2D eigenvalue weighted by molar-refractivity contribution is 6.08. The number of benzene rings is 1. The fraction of sp³-hybridized carbons (Fsp3) is 0.0476. The van der Waals surface area contributed by atoms with Crippen LogP contribution in [-0.2, 0) is 0 Å². The van der Waals surface area contributed by atoms with E-state index in [9.17, 15) is 9.59 Å². The van der Waals surface area contributed by atoms with E-state index >= 15 is 0 Å². The minimum Gasteiger partial charge on any atom is -0.267 e. The van der Waals surface area contributed by atoms with Crippen molar-refractivity contribution in [3.63, 3.8) is 0 Å². The molecule has 4 rings (SSSR count). The third kappa shape index (κ3) is 3.91. The molecule has 142 valence electrons. The van der Waals surface area contributed by atoms with Crippen molar-refractivity contribution in [3.8, 4) is 11.4 Å². The van der Waals surface area contributed by atoms with Gasteiger partial charge in [-0.05, 0) is 31.2 Å². The van der Waals surface area contributed by atoms with E-state index in [0.717, 1.165) is 0 Å². The number of carbonyl (C=O) groups excluding carboxylic acids is 2. The van der Waals surface area contributed by atoms with Gasteiger partial charge in [-0.1, -0.05) is 24.3 Å². The molecule has 0 aliphatic rings. The first-order chi connectivity index (χ1) is 14.1. The van der Waals surface area contributed by atoms with Crippen LogP contribution < -0.4 is 10.9 Å². The van der Waals surface area contributed by atoms with Crippen molar-refractivity contribution in [2.45, 2.75) is 6.92 Å². The quantitative estimate of drug-likeness (QED) is 0.525. The van der Waals surface area contributed by atoms with Gasteiger partial charge < -0.3 is 0 Å². The Morgan fingerprint density at radius 2 is 1.62 bits per heavy atom. The number of hydrogen-bond acceptors (Lipinski definition) is 6. The van der Waals surface area contributed by atoms with Crippen LogP contribution in [0.1, 0.15) is 26.5 Å². The number of amides is 2. The van der Waals surface area contributed by atoms with Crippen LogP contribution >= 0.6 is 0 Å². The van der Waals surface area contributed by atoms with E-state index in [2.05, 4.69) is 30.8 Å². The van der Waals surface area contributed by atoms with E-state index in [-0.39, 0.29) is 5.69 Å². The summed E-state index contributed by atoms with van der Waals surface area (Å²) in [6.45, 7) is 1.77. The maximum Gasteiger partial charge on any atom is 0.289 e. The van der Waals surface area contributed by atoms with Gasteiger partial charge in [0.2, 0.25) is 0 Å². The monoisotopic (exact) mass is 384 g/mol. The zero-order chi connectivity index (χ0) is 20.2. The van der Waals surface area contributed by atoms with Gasteiger partial charge >= 0.3 is 0 Å². The smallest absolute Gasteiger partial charge is 0.267 e. The second-order valence-electron chi connectivity index (χ2n) is 6.24. The summed E-state index contributed by atoms with van der Waals surface area (Å²) in [6.07, 6.45) is 4.48. The molecule has 8 heteroatoms. The van der Waals surface area contributed by atoms with Gasteiger partial charge in [-0.15, -0.1) is 0 Å². The molecule has 0 unspecified atom stereocenters. The molecule has 0 saturated heterocycles. The highest BCUT2D eigenvalue weighted by Crippen LogP contribution is 2.23. The minimum atomic E-state index is -0.561. The van der Waals surface area contributed by atoms with Gasteiger partial charge in [-0.25, -0.2) is 9.97 Å². The highest BCUT2D eigenvalue weighted by Gasteiger charge is 2.16. The molecular weight excluding hydrogens is 368 g/mol. The summed E-state index contributed by atoms with van der Waals surface area (Å²) in [5, 5.41) is 0.661. The minimum absolute atomic E-state index is 0.102. The normalized spacial score (nSPS) is 10.5. The largest absolute Gasteiger partial charge is 0.289 e. The van der Waals surface area contributed by atoms with Crippen LogP contribution in [0.3, 0.4) is 0 Å². The standard InChI is InChI=1S/C21H16N6O2/c1-13-11-24-19(12-23-13)21(29)27-26-20(28)15-10-18(17-8-4-5-9-22-17)25-16-7-3-2-6-14(15)16/h2-12H,1H3,(H,26,28)(H,27,29). The number of fused-ring (bicyclic) bond motifs is 1. The van der Waals surface area contributed by atoms with Crippen molar-refractivity contribution in [1.82, 2.24) is 30.8 Å². The Hall–Kier alpha value is -4.20. The van der Waals surface area contributed by atoms with Crippen molar-refractivity contribution in [2.24, 2.45) is 0 Å². The van der Waals surface area contributed by atoms with Gasteiger partial charge in [0.05, 0.1) is 34.4 Å². The average Bonchev–Trinajstić information content (AvgIpc) is 2.77. The van der Waals surface area contributed by atoms with E-state index in [4.69, 9.17) is 0 Å². The Kier molecular flexibility index (Phi) is 4.90. The van der Waals surface area contributed by atoms with E-state index in [0.29, 0.717) is 33.5 Å². The molecule has 4 aromatic rings. The molecule has 2 N–H and O–H groups in total. The molecule has 0 fully saturated rings. The summed E-state index contributed by atoms with van der Waals surface area (Å²) < 4.78 is 0. The second-order valence-corrected chi connectivity index (χ2v) is 6.24. The van der Waals surface area contributed by atoms with Crippen LogP contribution in [-0.4, -0.2) is 31.8 Å². The van der Waals surface area contributed by atoms with E-state index in [1.165, 1.54) is 12.4 Å². The number of aryl methyl sites for hydroxylation is 1.